The summed E-state index contributed by atoms with van der Waals surface area (Å²) >= 11 is 0. The number of fused-ring (bicyclic) bond motifs is 6. The number of hydrogen-bond donors (Lipinski definition) is 0. The first-order valence-corrected chi connectivity index (χ1v) is 17.3. The van der Waals surface area contributed by atoms with Crippen molar-refractivity contribution in [2.24, 2.45) is 0 Å². The molecule has 10 rings (SSSR count). The molecule has 0 amide bonds. The number of pyridine rings is 1. The van der Waals surface area contributed by atoms with Crippen LogP contribution in [0.4, 0.5) is 0 Å². The fraction of sp³-hybridized carbons (Fsp3) is 0.0208. The number of nitrogens with zero attached hydrogens (tertiary/aromatic N) is 1. The summed E-state index contributed by atoms with van der Waals surface area (Å²) in [5, 5.41) is 3.32. The number of aryl methyl sites for hydroxylation is 1. The van der Waals surface area contributed by atoms with Crippen molar-refractivity contribution in [3.05, 3.63) is 176 Å². The van der Waals surface area contributed by atoms with Crippen LogP contribution in [0.1, 0.15) is 5.56 Å². The number of rotatable bonds is 5. The summed E-state index contributed by atoms with van der Waals surface area (Å²) < 4.78 is 12.1. The van der Waals surface area contributed by atoms with Crippen molar-refractivity contribution in [1.82, 2.24) is 4.98 Å². The highest BCUT2D eigenvalue weighted by atomic mass is 16.3. The van der Waals surface area contributed by atoms with Gasteiger partial charge in [0.1, 0.15) is 22.3 Å². The maximum Gasteiger partial charge on any atom is 0.153 e. The molecule has 10 aromatic rings. The fourth-order valence-corrected chi connectivity index (χ4v) is 7.43. The smallest absolute Gasteiger partial charge is 0.153 e. The Labute approximate surface area is 295 Å². The zero-order valence-corrected chi connectivity index (χ0v) is 27.9. The lowest BCUT2D eigenvalue weighted by Crippen LogP contribution is -1.87. The van der Waals surface area contributed by atoms with E-state index in [0.717, 1.165) is 55.1 Å². The molecule has 51 heavy (non-hydrogen) atoms. The quantitative estimate of drug-likeness (QED) is 0.186. The number of para-hydroxylation sites is 1. The molecule has 0 saturated heterocycles. The molecular weight excluding hydrogens is 623 g/mol. The van der Waals surface area contributed by atoms with Gasteiger partial charge in [0.25, 0.3) is 0 Å². The van der Waals surface area contributed by atoms with Crippen LogP contribution < -0.4 is 0 Å². The van der Waals surface area contributed by atoms with Crippen molar-refractivity contribution < 1.29 is 8.83 Å². The van der Waals surface area contributed by atoms with Crippen molar-refractivity contribution in [3.63, 3.8) is 0 Å². The Balaban J connectivity index is 0.984. The number of furan rings is 2. The van der Waals surface area contributed by atoms with Crippen molar-refractivity contribution in [2.45, 2.75) is 6.92 Å². The van der Waals surface area contributed by atoms with Crippen LogP contribution in [0.15, 0.2) is 179 Å². The molecule has 0 unspecified atom stereocenters. The molecule has 7 aromatic carbocycles. The summed E-state index contributed by atoms with van der Waals surface area (Å²) in [5.74, 6) is 0. The minimum absolute atomic E-state index is 0.809. The Morgan fingerprint density at radius 1 is 0.333 bits per heavy atom. The summed E-state index contributed by atoms with van der Waals surface area (Å²) in [4.78, 5) is 4.58. The zero-order chi connectivity index (χ0) is 33.9. The third-order valence-corrected chi connectivity index (χ3v) is 9.93. The minimum Gasteiger partial charge on any atom is -0.456 e. The van der Waals surface area contributed by atoms with Gasteiger partial charge in [0, 0.05) is 22.4 Å². The zero-order valence-electron chi connectivity index (χ0n) is 27.9. The van der Waals surface area contributed by atoms with Gasteiger partial charge in [-0.25, -0.2) is 0 Å². The van der Waals surface area contributed by atoms with Gasteiger partial charge in [0.15, 0.2) is 5.58 Å². The van der Waals surface area contributed by atoms with Crippen LogP contribution in [0.3, 0.4) is 0 Å². The largest absolute Gasteiger partial charge is 0.456 e. The van der Waals surface area contributed by atoms with E-state index in [2.05, 4.69) is 145 Å². The normalized spacial score (nSPS) is 11.6. The third-order valence-electron chi connectivity index (χ3n) is 9.93. The van der Waals surface area contributed by atoms with Crippen LogP contribution in [0.25, 0.3) is 99.6 Å². The number of hydrogen-bond acceptors (Lipinski definition) is 3. The van der Waals surface area contributed by atoms with Crippen LogP contribution in [-0.4, -0.2) is 4.98 Å². The topological polar surface area (TPSA) is 39.2 Å². The number of aromatic nitrogens is 1. The first-order chi connectivity index (χ1) is 25.1. The summed E-state index contributed by atoms with van der Waals surface area (Å²) in [6.45, 7) is 2.18. The molecule has 0 aliphatic heterocycles. The second-order valence-corrected chi connectivity index (χ2v) is 13.3. The van der Waals surface area contributed by atoms with Crippen molar-refractivity contribution in [2.75, 3.05) is 0 Å². The Bertz CT molecular complexity index is 2940. The van der Waals surface area contributed by atoms with E-state index in [1.165, 1.54) is 50.1 Å². The van der Waals surface area contributed by atoms with Gasteiger partial charge < -0.3 is 8.83 Å². The third kappa shape index (κ3) is 5.19. The molecule has 3 aromatic heterocycles. The second-order valence-electron chi connectivity index (χ2n) is 13.3. The molecule has 3 nitrogen and oxygen atoms in total. The molecule has 0 radical (unpaired) electrons. The summed E-state index contributed by atoms with van der Waals surface area (Å²) in [6.07, 6.45) is 1.82. The van der Waals surface area contributed by atoms with E-state index < -0.39 is 0 Å². The van der Waals surface area contributed by atoms with Gasteiger partial charge in [-0.1, -0.05) is 97.1 Å². The molecule has 3 heterocycles. The van der Waals surface area contributed by atoms with Gasteiger partial charge >= 0.3 is 0 Å². The molecule has 0 N–H and O–H groups in total. The van der Waals surface area contributed by atoms with E-state index >= 15 is 0 Å². The van der Waals surface area contributed by atoms with Gasteiger partial charge in [0.2, 0.25) is 0 Å². The highest BCUT2D eigenvalue weighted by molar-refractivity contribution is 6.06. The monoisotopic (exact) mass is 653 g/mol. The highest BCUT2D eigenvalue weighted by Crippen LogP contribution is 2.37. The molecule has 3 heteroatoms. The first kappa shape index (κ1) is 29.2. The maximum atomic E-state index is 6.09. The van der Waals surface area contributed by atoms with Gasteiger partial charge in [-0.15, -0.1) is 0 Å². The minimum atomic E-state index is 0.809. The van der Waals surface area contributed by atoms with E-state index in [1.54, 1.807) is 0 Å². The maximum absolute atomic E-state index is 6.09. The SMILES string of the molecule is Cc1cc(-c2cccc(-c3cccc(-c4ccc5oc6cccnc6c5c4)c3)c2)cc(-c2cccc(-c3ccc4oc5ccccc5c4c3)c2)c1. The standard InChI is InChI=1S/C48H31NO2/c1-30-22-39(27-40(23-30)36-13-6-11-34(26-36)37-17-19-45-42(28-37)41-14-2-3-15-44(41)50-45)35-12-5-9-32(25-35)31-8-4-10-33(24-31)38-18-20-46-43(29-38)48-47(51-46)16-7-21-49-48/h2-29H,1H3. The van der Waals surface area contributed by atoms with E-state index in [4.69, 9.17) is 8.83 Å². The molecule has 0 bridgehead atoms. The van der Waals surface area contributed by atoms with E-state index in [-0.39, 0.29) is 0 Å². The molecular formula is C48H31NO2. The average molecular weight is 654 g/mol. The summed E-state index contributed by atoms with van der Waals surface area (Å²) in [6, 6.07) is 58.3. The van der Waals surface area contributed by atoms with Crippen LogP contribution in [0.2, 0.25) is 0 Å². The lowest BCUT2D eigenvalue weighted by atomic mass is 9.92. The highest BCUT2D eigenvalue weighted by Gasteiger charge is 2.12. The predicted molar refractivity (Wildman–Crippen MR) is 211 cm³/mol. The molecule has 0 fully saturated rings. The Morgan fingerprint density at radius 2 is 0.784 bits per heavy atom. The fourth-order valence-electron chi connectivity index (χ4n) is 7.43. The van der Waals surface area contributed by atoms with Gasteiger partial charge in [0.05, 0.1) is 0 Å². The van der Waals surface area contributed by atoms with Crippen LogP contribution in [0, 0.1) is 6.92 Å². The summed E-state index contributed by atoms with van der Waals surface area (Å²) in [5.41, 5.74) is 17.4. The first-order valence-electron chi connectivity index (χ1n) is 17.3. The molecule has 0 spiro atoms. The predicted octanol–water partition coefficient (Wildman–Crippen LogP) is 13.5. The van der Waals surface area contributed by atoms with Crippen molar-refractivity contribution >= 4 is 44.0 Å². The molecule has 0 atom stereocenters. The van der Waals surface area contributed by atoms with Crippen LogP contribution in [-0.2, 0) is 0 Å². The Kier molecular flexibility index (Phi) is 6.71. The van der Waals surface area contributed by atoms with Crippen molar-refractivity contribution in [1.29, 1.82) is 0 Å². The van der Waals surface area contributed by atoms with Crippen LogP contribution >= 0.6 is 0 Å². The Hall–Kier alpha value is -6.71. The van der Waals surface area contributed by atoms with Gasteiger partial charge in [-0.05, 0) is 135 Å². The molecule has 0 aliphatic carbocycles. The number of benzene rings is 7. The average Bonchev–Trinajstić information content (AvgIpc) is 3.75. The Morgan fingerprint density at radius 3 is 1.41 bits per heavy atom. The molecule has 240 valence electrons. The summed E-state index contributed by atoms with van der Waals surface area (Å²) in [7, 11) is 0. The van der Waals surface area contributed by atoms with Crippen LogP contribution in [0.5, 0.6) is 0 Å². The van der Waals surface area contributed by atoms with Gasteiger partial charge in [-0.2, -0.15) is 0 Å². The van der Waals surface area contributed by atoms with Gasteiger partial charge in [-0.3, -0.25) is 4.98 Å². The van der Waals surface area contributed by atoms with E-state index in [0.29, 0.717) is 0 Å². The van der Waals surface area contributed by atoms with Crippen molar-refractivity contribution in [3.8, 4) is 55.6 Å². The lowest BCUT2D eigenvalue weighted by Gasteiger charge is -2.12. The molecule has 0 aliphatic rings. The molecule has 0 saturated carbocycles. The van der Waals surface area contributed by atoms with E-state index in [1.807, 2.05) is 36.5 Å². The van der Waals surface area contributed by atoms with E-state index in [9.17, 15) is 0 Å². The second kappa shape index (κ2) is 11.7. The lowest BCUT2D eigenvalue weighted by molar-refractivity contribution is 0.668.